The Labute approximate surface area is 89.0 Å². The Balaban J connectivity index is 2.66. The van der Waals surface area contributed by atoms with Crippen LogP contribution in [0.2, 0.25) is 0 Å². The molecule has 0 aliphatic heterocycles. The number of rotatable bonds is 3. The van der Waals surface area contributed by atoms with E-state index in [1.807, 2.05) is 18.3 Å². The van der Waals surface area contributed by atoms with Gasteiger partial charge in [0.1, 0.15) is 0 Å². The Bertz CT molecular complexity index is 474. The fraction of sp³-hybridized carbons (Fsp3) is 0.333. The van der Waals surface area contributed by atoms with Crippen LogP contribution in [0.1, 0.15) is 12.5 Å². The van der Waals surface area contributed by atoms with E-state index in [1.165, 1.54) is 10.9 Å². The molecule has 15 heavy (non-hydrogen) atoms. The molecule has 2 rings (SSSR count). The maximum absolute atomic E-state index is 5.27. The molecule has 3 nitrogen and oxygen atoms in total. The van der Waals surface area contributed by atoms with E-state index in [9.17, 15) is 0 Å². The Kier molecular flexibility index (Phi) is 2.54. The summed E-state index contributed by atoms with van der Waals surface area (Å²) in [7, 11) is 3.30. The summed E-state index contributed by atoms with van der Waals surface area (Å²) in [6.07, 6.45) is 3.04. The monoisotopic (exact) mass is 205 g/mol. The van der Waals surface area contributed by atoms with E-state index >= 15 is 0 Å². The molecule has 1 aromatic heterocycles. The number of nitrogens with one attached hydrogen (secondary N) is 1. The maximum Gasteiger partial charge on any atom is 0.162 e. The molecule has 2 aromatic rings. The predicted molar refractivity (Wildman–Crippen MR) is 60.8 cm³/mol. The van der Waals surface area contributed by atoms with Crippen molar-refractivity contribution in [3.8, 4) is 11.5 Å². The Hall–Kier alpha value is -1.64. The van der Waals surface area contributed by atoms with Crippen molar-refractivity contribution in [3.05, 3.63) is 23.9 Å². The quantitative estimate of drug-likeness (QED) is 0.836. The molecule has 0 spiro atoms. The van der Waals surface area contributed by atoms with E-state index in [-0.39, 0.29) is 0 Å². The number of aromatic nitrogens is 1. The molecule has 1 heterocycles. The molecule has 0 saturated carbocycles. The first-order chi connectivity index (χ1) is 7.30. The number of ether oxygens (including phenoxy) is 2. The zero-order chi connectivity index (χ0) is 10.8. The van der Waals surface area contributed by atoms with Gasteiger partial charge in [-0.3, -0.25) is 0 Å². The fourth-order valence-corrected chi connectivity index (χ4v) is 1.80. The van der Waals surface area contributed by atoms with Gasteiger partial charge in [0.05, 0.1) is 14.2 Å². The summed E-state index contributed by atoms with van der Waals surface area (Å²) in [4.78, 5) is 3.23. The minimum atomic E-state index is 0.759. The van der Waals surface area contributed by atoms with Crippen molar-refractivity contribution < 1.29 is 9.47 Å². The molecule has 0 amide bonds. The predicted octanol–water partition coefficient (Wildman–Crippen LogP) is 2.75. The van der Waals surface area contributed by atoms with Gasteiger partial charge in [0.25, 0.3) is 0 Å². The smallest absolute Gasteiger partial charge is 0.162 e. The number of H-pyrrole nitrogens is 1. The zero-order valence-corrected chi connectivity index (χ0v) is 9.26. The second-order valence-electron chi connectivity index (χ2n) is 3.42. The van der Waals surface area contributed by atoms with Crippen molar-refractivity contribution in [2.24, 2.45) is 0 Å². The van der Waals surface area contributed by atoms with Crippen LogP contribution < -0.4 is 9.47 Å². The summed E-state index contributed by atoms with van der Waals surface area (Å²) in [6, 6.07) is 3.98. The lowest BCUT2D eigenvalue weighted by Gasteiger charge is -2.07. The van der Waals surface area contributed by atoms with E-state index < -0.39 is 0 Å². The van der Waals surface area contributed by atoms with Crippen molar-refractivity contribution >= 4 is 10.9 Å². The van der Waals surface area contributed by atoms with Gasteiger partial charge in [0.15, 0.2) is 11.5 Å². The number of hydrogen-bond acceptors (Lipinski definition) is 2. The fourth-order valence-electron chi connectivity index (χ4n) is 1.80. The molecule has 0 aliphatic rings. The SMILES string of the molecule is CCc1c[nH]c2cc(OC)c(OC)cc12. The first-order valence-electron chi connectivity index (χ1n) is 5.02. The summed E-state index contributed by atoms with van der Waals surface area (Å²) in [5, 5.41) is 1.20. The molecule has 80 valence electrons. The van der Waals surface area contributed by atoms with Gasteiger partial charge in [-0.05, 0) is 18.1 Å². The molecular formula is C12H15NO2. The van der Waals surface area contributed by atoms with Crippen LogP contribution >= 0.6 is 0 Å². The average molecular weight is 205 g/mol. The lowest BCUT2D eigenvalue weighted by atomic mass is 10.1. The van der Waals surface area contributed by atoms with E-state index in [1.54, 1.807) is 14.2 Å². The van der Waals surface area contributed by atoms with E-state index in [2.05, 4.69) is 11.9 Å². The van der Waals surface area contributed by atoms with Crippen LogP contribution in [0, 0.1) is 0 Å². The first-order valence-corrected chi connectivity index (χ1v) is 5.02. The van der Waals surface area contributed by atoms with E-state index in [0.29, 0.717) is 0 Å². The van der Waals surface area contributed by atoms with Crippen LogP contribution in [-0.2, 0) is 6.42 Å². The molecule has 0 bridgehead atoms. The van der Waals surface area contributed by atoms with Gasteiger partial charge in [-0.25, -0.2) is 0 Å². The minimum absolute atomic E-state index is 0.759. The van der Waals surface area contributed by atoms with E-state index in [4.69, 9.17) is 9.47 Å². The van der Waals surface area contributed by atoms with Crippen LogP contribution in [0.15, 0.2) is 18.3 Å². The standard InChI is InChI=1S/C12H15NO2/c1-4-8-7-13-10-6-12(15-3)11(14-2)5-9(8)10/h5-7,13H,4H2,1-3H3. The van der Waals surface area contributed by atoms with Gasteiger partial charge in [0, 0.05) is 23.2 Å². The number of benzene rings is 1. The van der Waals surface area contributed by atoms with Gasteiger partial charge < -0.3 is 14.5 Å². The summed E-state index contributed by atoms with van der Waals surface area (Å²) in [6.45, 7) is 2.14. The summed E-state index contributed by atoms with van der Waals surface area (Å²) in [5.41, 5.74) is 2.38. The maximum atomic E-state index is 5.27. The highest BCUT2D eigenvalue weighted by Crippen LogP contribution is 2.33. The third kappa shape index (κ3) is 1.54. The number of fused-ring (bicyclic) bond motifs is 1. The normalized spacial score (nSPS) is 10.6. The van der Waals surface area contributed by atoms with Crippen LogP contribution in [0.5, 0.6) is 11.5 Å². The molecule has 0 saturated heterocycles. The Morgan fingerprint density at radius 3 is 2.40 bits per heavy atom. The number of hydrogen-bond donors (Lipinski definition) is 1. The Morgan fingerprint density at radius 2 is 1.80 bits per heavy atom. The third-order valence-corrected chi connectivity index (χ3v) is 2.65. The molecule has 0 fully saturated rings. The second kappa shape index (κ2) is 3.85. The Morgan fingerprint density at radius 1 is 1.13 bits per heavy atom. The molecule has 0 aliphatic carbocycles. The molecule has 3 heteroatoms. The highest BCUT2D eigenvalue weighted by Gasteiger charge is 2.09. The van der Waals surface area contributed by atoms with Crippen LogP contribution in [-0.4, -0.2) is 19.2 Å². The third-order valence-electron chi connectivity index (χ3n) is 2.65. The second-order valence-corrected chi connectivity index (χ2v) is 3.42. The highest BCUT2D eigenvalue weighted by molar-refractivity contribution is 5.86. The summed E-state index contributed by atoms with van der Waals surface area (Å²) < 4.78 is 10.5. The van der Waals surface area contributed by atoms with Crippen molar-refractivity contribution in [1.29, 1.82) is 0 Å². The van der Waals surface area contributed by atoms with Crippen molar-refractivity contribution in [2.75, 3.05) is 14.2 Å². The highest BCUT2D eigenvalue weighted by atomic mass is 16.5. The lowest BCUT2D eigenvalue weighted by Crippen LogP contribution is -1.90. The number of methoxy groups -OCH3 is 2. The van der Waals surface area contributed by atoms with Gasteiger partial charge in [-0.2, -0.15) is 0 Å². The molecular weight excluding hydrogens is 190 g/mol. The molecule has 1 N–H and O–H groups in total. The summed E-state index contributed by atoms with van der Waals surface area (Å²) >= 11 is 0. The van der Waals surface area contributed by atoms with Gasteiger partial charge >= 0.3 is 0 Å². The van der Waals surface area contributed by atoms with Gasteiger partial charge in [0.2, 0.25) is 0 Å². The van der Waals surface area contributed by atoms with Crippen molar-refractivity contribution in [1.82, 2.24) is 4.98 Å². The zero-order valence-electron chi connectivity index (χ0n) is 9.26. The largest absolute Gasteiger partial charge is 0.493 e. The lowest BCUT2D eigenvalue weighted by molar-refractivity contribution is 0.356. The summed E-state index contributed by atoms with van der Waals surface area (Å²) in [5.74, 6) is 1.54. The topological polar surface area (TPSA) is 34.2 Å². The molecule has 0 radical (unpaired) electrons. The van der Waals surface area contributed by atoms with Crippen LogP contribution in [0.3, 0.4) is 0 Å². The van der Waals surface area contributed by atoms with Crippen LogP contribution in [0.25, 0.3) is 10.9 Å². The first kappa shape index (κ1) is 9.90. The number of aromatic amines is 1. The molecule has 0 atom stereocenters. The van der Waals surface area contributed by atoms with E-state index in [0.717, 1.165) is 23.4 Å². The van der Waals surface area contributed by atoms with Crippen LogP contribution in [0.4, 0.5) is 0 Å². The van der Waals surface area contributed by atoms with Crippen molar-refractivity contribution in [2.45, 2.75) is 13.3 Å². The molecule has 1 aromatic carbocycles. The van der Waals surface area contributed by atoms with Gasteiger partial charge in [-0.1, -0.05) is 6.92 Å². The van der Waals surface area contributed by atoms with Crippen molar-refractivity contribution in [3.63, 3.8) is 0 Å². The molecule has 0 unspecified atom stereocenters. The average Bonchev–Trinajstić information content (AvgIpc) is 2.68. The minimum Gasteiger partial charge on any atom is -0.493 e. The van der Waals surface area contributed by atoms with Gasteiger partial charge in [-0.15, -0.1) is 0 Å². The number of aryl methyl sites for hydroxylation is 1.